The van der Waals surface area contributed by atoms with Gasteiger partial charge in [0.2, 0.25) is 0 Å². The Hall–Kier alpha value is -1.63. The number of allylic oxidation sites excluding steroid dienone is 4. The molecule has 0 fully saturated rings. The van der Waals surface area contributed by atoms with Crippen molar-refractivity contribution in [2.45, 2.75) is 25.7 Å². The van der Waals surface area contributed by atoms with Crippen molar-refractivity contribution in [1.82, 2.24) is 0 Å². The minimum atomic E-state index is 0.237. The molecule has 0 aromatic heterocycles. The normalized spacial score (nSPS) is 14.6. The van der Waals surface area contributed by atoms with Crippen LogP contribution in [0.2, 0.25) is 0 Å². The zero-order valence-corrected chi connectivity index (χ0v) is 9.36. The zero-order valence-electron chi connectivity index (χ0n) is 9.36. The van der Waals surface area contributed by atoms with E-state index in [4.69, 9.17) is 0 Å². The average molecular weight is 212 g/mol. The quantitative estimate of drug-likeness (QED) is 0.691. The molecule has 0 bridgehead atoms. The Morgan fingerprint density at radius 1 is 1.12 bits per heavy atom. The van der Waals surface area contributed by atoms with Crippen LogP contribution in [0.4, 0.5) is 0 Å². The van der Waals surface area contributed by atoms with Crippen molar-refractivity contribution < 1.29 is 4.79 Å². The summed E-state index contributed by atoms with van der Waals surface area (Å²) in [5.74, 6) is 0.237. The van der Waals surface area contributed by atoms with Crippen LogP contribution in [0.5, 0.6) is 0 Å². The molecule has 1 nitrogen and oxygen atoms in total. The van der Waals surface area contributed by atoms with E-state index >= 15 is 0 Å². The number of carbonyl (C=O) groups excluding carboxylic acids is 1. The van der Waals surface area contributed by atoms with Crippen molar-refractivity contribution in [2.75, 3.05) is 0 Å². The minimum absolute atomic E-state index is 0.237. The van der Waals surface area contributed by atoms with Crippen molar-refractivity contribution >= 4 is 5.78 Å². The van der Waals surface area contributed by atoms with Gasteiger partial charge < -0.3 is 0 Å². The Morgan fingerprint density at radius 3 is 2.62 bits per heavy atom. The van der Waals surface area contributed by atoms with Gasteiger partial charge in [0.25, 0.3) is 0 Å². The summed E-state index contributed by atoms with van der Waals surface area (Å²) >= 11 is 0. The third-order valence-corrected chi connectivity index (χ3v) is 2.81. The van der Waals surface area contributed by atoms with Gasteiger partial charge in [-0.1, -0.05) is 54.1 Å². The van der Waals surface area contributed by atoms with E-state index in [0.29, 0.717) is 6.42 Å². The van der Waals surface area contributed by atoms with E-state index in [0.717, 1.165) is 24.8 Å². The van der Waals surface area contributed by atoms with Gasteiger partial charge in [0.15, 0.2) is 5.78 Å². The molecule has 1 aliphatic carbocycles. The maximum absolute atomic E-state index is 11.8. The monoisotopic (exact) mass is 212 g/mol. The van der Waals surface area contributed by atoms with Gasteiger partial charge in [0.05, 0.1) is 0 Å². The van der Waals surface area contributed by atoms with E-state index in [9.17, 15) is 4.79 Å². The SMILES string of the molecule is O=C(CCC1=CCCC=C1)c1ccccc1. The summed E-state index contributed by atoms with van der Waals surface area (Å²) in [5.41, 5.74) is 2.12. The van der Waals surface area contributed by atoms with Crippen molar-refractivity contribution in [3.05, 3.63) is 59.7 Å². The highest BCUT2D eigenvalue weighted by Gasteiger charge is 2.06. The second-order valence-corrected chi connectivity index (χ2v) is 4.05. The Morgan fingerprint density at radius 2 is 1.94 bits per heavy atom. The Labute approximate surface area is 96.5 Å². The second kappa shape index (κ2) is 5.45. The molecule has 0 spiro atoms. The highest BCUT2D eigenvalue weighted by molar-refractivity contribution is 5.96. The van der Waals surface area contributed by atoms with E-state index in [1.807, 2.05) is 30.3 Å². The molecule has 0 saturated heterocycles. The topological polar surface area (TPSA) is 17.1 Å². The molecule has 0 N–H and O–H groups in total. The molecule has 0 unspecified atom stereocenters. The molecule has 0 saturated carbocycles. The van der Waals surface area contributed by atoms with Gasteiger partial charge in [0.1, 0.15) is 0 Å². The summed E-state index contributed by atoms with van der Waals surface area (Å²) in [7, 11) is 0. The first-order chi connectivity index (χ1) is 7.86. The fourth-order valence-electron chi connectivity index (χ4n) is 1.88. The third-order valence-electron chi connectivity index (χ3n) is 2.81. The van der Waals surface area contributed by atoms with Crippen LogP contribution in [0.15, 0.2) is 54.1 Å². The maximum atomic E-state index is 11.8. The standard InChI is InChI=1S/C15H16O/c16-15(14-9-5-2-6-10-14)12-11-13-7-3-1-4-8-13/h2-3,5-10H,1,4,11-12H2. The molecule has 1 aromatic rings. The van der Waals surface area contributed by atoms with Crippen LogP contribution in [0.25, 0.3) is 0 Å². The fourth-order valence-corrected chi connectivity index (χ4v) is 1.88. The smallest absolute Gasteiger partial charge is 0.163 e. The lowest BCUT2D eigenvalue weighted by Crippen LogP contribution is -1.99. The van der Waals surface area contributed by atoms with Gasteiger partial charge in [-0.15, -0.1) is 0 Å². The summed E-state index contributed by atoms with van der Waals surface area (Å²) in [6.07, 6.45) is 10.3. The molecule has 0 atom stereocenters. The van der Waals surface area contributed by atoms with Crippen LogP contribution in [-0.2, 0) is 0 Å². The van der Waals surface area contributed by atoms with Gasteiger partial charge in [-0.05, 0) is 19.3 Å². The van der Waals surface area contributed by atoms with Crippen LogP contribution in [0, 0.1) is 0 Å². The lowest BCUT2D eigenvalue weighted by atomic mass is 9.99. The molecule has 1 aromatic carbocycles. The minimum Gasteiger partial charge on any atom is -0.294 e. The Bertz CT molecular complexity index is 412. The summed E-state index contributed by atoms with van der Waals surface area (Å²) in [5, 5.41) is 0. The number of hydrogen-bond acceptors (Lipinski definition) is 1. The molecular formula is C15H16O. The number of hydrogen-bond donors (Lipinski definition) is 0. The van der Waals surface area contributed by atoms with Crippen LogP contribution in [0.1, 0.15) is 36.0 Å². The van der Waals surface area contributed by atoms with Crippen LogP contribution >= 0.6 is 0 Å². The predicted molar refractivity (Wildman–Crippen MR) is 66.5 cm³/mol. The second-order valence-electron chi connectivity index (χ2n) is 4.05. The lowest BCUT2D eigenvalue weighted by Gasteiger charge is -2.06. The molecule has 0 amide bonds. The van der Waals surface area contributed by atoms with E-state index in [2.05, 4.69) is 18.2 Å². The summed E-state index contributed by atoms with van der Waals surface area (Å²) in [6.45, 7) is 0. The zero-order chi connectivity index (χ0) is 11.2. The fraction of sp³-hybridized carbons (Fsp3) is 0.267. The van der Waals surface area contributed by atoms with E-state index in [-0.39, 0.29) is 5.78 Å². The summed E-state index contributed by atoms with van der Waals surface area (Å²) < 4.78 is 0. The molecule has 1 heteroatoms. The van der Waals surface area contributed by atoms with Gasteiger partial charge in [-0.2, -0.15) is 0 Å². The number of benzene rings is 1. The van der Waals surface area contributed by atoms with Crippen molar-refractivity contribution in [1.29, 1.82) is 0 Å². The van der Waals surface area contributed by atoms with Crippen LogP contribution in [0.3, 0.4) is 0 Å². The van der Waals surface area contributed by atoms with Crippen molar-refractivity contribution in [2.24, 2.45) is 0 Å². The van der Waals surface area contributed by atoms with Gasteiger partial charge >= 0.3 is 0 Å². The average Bonchev–Trinajstić information content (AvgIpc) is 2.38. The molecule has 0 radical (unpaired) electrons. The summed E-state index contributed by atoms with van der Waals surface area (Å²) in [4.78, 5) is 11.8. The largest absolute Gasteiger partial charge is 0.294 e. The first kappa shape index (κ1) is 10.9. The first-order valence-electron chi connectivity index (χ1n) is 5.80. The number of ketones is 1. The molecular weight excluding hydrogens is 196 g/mol. The van der Waals surface area contributed by atoms with Gasteiger partial charge in [-0.3, -0.25) is 4.79 Å². The van der Waals surface area contributed by atoms with E-state index < -0.39 is 0 Å². The molecule has 82 valence electrons. The number of carbonyl (C=O) groups is 1. The third kappa shape index (κ3) is 2.93. The predicted octanol–water partition coefficient (Wildman–Crippen LogP) is 3.93. The lowest BCUT2D eigenvalue weighted by molar-refractivity contribution is 0.0983. The van der Waals surface area contributed by atoms with E-state index in [1.54, 1.807) is 0 Å². The molecule has 16 heavy (non-hydrogen) atoms. The van der Waals surface area contributed by atoms with Crippen LogP contribution in [-0.4, -0.2) is 5.78 Å². The highest BCUT2D eigenvalue weighted by atomic mass is 16.1. The number of rotatable bonds is 4. The number of Topliss-reactive ketones (excluding diaryl/α,β-unsaturated/α-hetero) is 1. The first-order valence-corrected chi connectivity index (χ1v) is 5.80. The van der Waals surface area contributed by atoms with Gasteiger partial charge in [-0.25, -0.2) is 0 Å². The Balaban J connectivity index is 1.89. The van der Waals surface area contributed by atoms with Crippen LogP contribution < -0.4 is 0 Å². The molecule has 2 rings (SSSR count). The maximum Gasteiger partial charge on any atom is 0.163 e. The van der Waals surface area contributed by atoms with Crippen molar-refractivity contribution in [3.8, 4) is 0 Å². The molecule has 1 aliphatic rings. The highest BCUT2D eigenvalue weighted by Crippen LogP contribution is 2.16. The molecule has 0 heterocycles. The molecule has 0 aliphatic heterocycles. The van der Waals surface area contributed by atoms with Crippen molar-refractivity contribution in [3.63, 3.8) is 0 Å². The Kier molecular flexibility index (Phi) is 3.71. The van der Waals surface area contributed by atoms with E-state index in [1.165, 1.54) is 5.57 Å². The summed E-state index contributed by atoms with van der Waals surface area (Å²) in [6, 6.07) is 9.52. The van der Waals surface area contributed by atoms with Gasteiger partial charge in [0, 0.05) is 12.0 Å².